The molecule has 134 valence electrons. The molecule has 0 N–H and O–H groups in total. The molecule has 0 aliphatic heterocycles. The Balaban J connectivity index is 2.23. The SMILES string of the molecule is CC(=O)OCP(=O)(COS(=O)(=O)c1ccc(C)cc1)c1ccccc1. The van der Waals surface area contributed by atoms with E-state index in [1.807, 2.05) is 6.92 Å². The molecule has 0 fully saturated rings. The fraction of sp³-hybridized carbons (Fsp3) is 0.235. The van der Waals surface area contributed by atoms with E-state index >= 15 is 0 Å². The number of ether oxygens (including phenoxy) is 1. The van der Waals surface area contributed by atoms with Crippen LogP contribution in [-0.2, 0) is 28.4 Å². The maximum Gasteiger partial charge on any atom is 0.303 e. The molecule has 6 nitrogen and oxygen atoms in total. The topological polar surface area (TPSA) is 86.7 Å². The summed E-state index contributed by atoms with van der Waals surface area (Å²) in [4.78, 5) is 11.1. The molecule has 25 heavy (non-hydrogen) atoms. The summed E-state index contributed by atoms with van der Waals surface area (Å²) in [5.41, 5.74) is 0.906. The number of rotatable bonds is 7. The lowest BCUT2D eigenvalue weighted by molar-refractivity contribution is -0.138. The molecule has 8 heteroatoms. The van der Waals surface area contributed by atoms with Crippen LogP contribution in [0.3, 0.4) is 0 Å². The van der Waals surface area contributed by atoms with Gasteiger partial charge in [-0.15, -0.1) is 0 Å². The lowest BCUT2D eigenvalue weighted by atomic mass is 10.2. The van der Waals surface area contributed by atoms with Crippen molar-refractivity contribution in [3.63, 3.8) is 0 Å². The van der Waals surface area contributed by atoms with Gasteiger partial charge >= 0.3 is 5.97 Å². The van der Waals surface area contributed by atoms with Crippen molar-refractivity contribution in [3.05, 3.63) is 60.2 Å². The molecule has 0 bridgehead atoms. The molecule has 2 rings (SSSR count). The highest BCUT2D eigenvalue weighted by atomic mass is 32.2. The van der Waals surface area contributed by atoms with Crippen molar-refractivity contribution in [2.45, 2.75) is 18.7 Å². The predicted octanol–water partition coefficient (Wildman–Crippen LogP) is 2.87. The van der Waals surface area contributed by atoms with Crippen molar-refractivity contribution < 1.29 is 26.7 Å². The van der Waals surface area contributed by atoms with E-state index in [9.17, 15) is 17.8 Å². The van der Waals surface area contributed by atoms with Crippen molar-refractivity contribution in [1.29, 1.82) is 0 Å². The van der Waals surface area contributed by atoms with E-state index < -0.39 is 35.9 Å². The van der Waals surface area contributed by atoms with Crippen molar-refractivity contribution in [2.75, 3.05) is 12.7 Å². The van der Waals surface area contributed by atoms with Crippen LogP contribution in [-0.4, -0.2) is 27.1 Å². The molecule has 1 atom stereocenters. The molecule has 0 radical (unpaired) electrons. The smallest absolute Gasteiger partial charge is 0.303 e. The summed E-state index contributed by atoms with van der Waals surface area (Å²) < 4.78 is 47.7. The summed E-state index contributed by atoms with van der Waals surface area (Å²) >= 11 is 0. The molecule has 0 saturated heterocycles. The van der Waals surface area contributed by atoms with Crippen LogP contribution in [0.4, 0.5) is 0 Å². The minimum atomic E-state index is -4.07. The number of esters is 1. The summed E-state index contributed by atoms with van der Waals surface area (Å²) in [5.74, 6) is -0.599. The minimum Gasteiger partial charge on any atom is -0.458 e. The molecular weight excluding hydrogens is 363 g/mol. The summed E-state index contributed by atoms with van der Waals surface area (Å²) in [6, 6.07) is 14.4. The highest BCUT2D eigenvalue weighted by Crippen LogP contribution is 2.45. The summed E-state index contributed by atoms with van der Waals surface area (Å²) in [6.45, 7) is 3.03. The number of benzene rings is 2. The van der Waals surface area contributed by atoms with E-state index in [0.717, 1.165) is 5.56 Å². The fourth-order valence-electron chi connectivity index (χ4n) is 2.01. The second kappa shape index (κ2) is 7.95. The number of hydrogen-bond donors (Lipinski definition) is 0. The minimum absolute atomic E-state index is 0.0230. The zero-order valence-corrected chi connectivity index (χ0v) is 15.6. The van der Waals surface area contributed by atoms with Crippen LogP contribution in [0.1, 0.15) is 12.5 Å². The Morgan fingerprint density at radius 1 is 1.00 bits per heavy atom. The Hall–Kier alpha value is -1.95. The third kappa shape index (κ3) is 5.26. The Bertz CT molecular complexity index is 875. The number of carbonyl (C=O) groups excluding carboxylic acids is 1. The summed E-state index contributed by atoms with van der Waals surface area (Å²) in [5, 5.41) is 0.385. The quantitative estimate of drug-likeness (QED) is 0.416. The van der Waals surface area contributed by atoms with Crippen LogP contribution < -0.4 is 5.30 Å². The van der Waals surface area contributed by atoms with Gasteiger partial charge < -0.3 is 9.30 Å². The van der Waals surface area contributed by atoms with E-state index in [-0.39, 0.29) is 4.90 Å². The normalized spacial score (nSPS) is 13.8. The number of aryl methyl sites for hydroxylation is 1. The Morgan fingerprint density at radius 3 is 2.16 bits per heavy atom. The Labute approximate surface area is 147 Å². The lowest BCUT2D eigenvalue weighted by Crippen LogP contribution is -2.18. The standard InChI is InChI=1S/C17H19O6PS/c1-14-8-10-17(11-9-14)25(20,21)23-13-24(19,12-22-15(2)18)16-6-4-3-5-7-16/h3-11H,12-13H2,1-2H3. The number of carbonyl (C=O) groups is 1. The molecule has 0 heterocycles. The van der Waals surface area contributed by atoms with E-state index in [4.69, 9.17) is 8.92 Å². The summed E-state index contributed by atoms with van der Waals surface area (Å²) in [6.07, 6.45) is -1.00. The van der Waals surface area contributed by atoms with Gasteiger partial charge in [-0.05, 0) is 19.1 Å². The zero-order chi connectivity index (χ0) is 18.5. The molecular formula is C17H19O6PS. The van der Waals surface area contributed by atoms with Gasteiger partial charge in [0.15, 0.2) is 7.14 Å². The van der Waals surface area contributed by atoms with Crippen LogP contribution in [0.2, 0.25) is 0 Å². The number of hydrogen-bond acceptors (Lipinski definition) is 6. The highest BCUT2D eigenvalue weighted by molar-refractivity contribution is 7.87. The van der Waals surface area contributed by atoms with E-state index in [2.05, 4.69) is 0 Å². The van der Waals surface area contributed by atoms with Gasteiger partial charge in [0.25, 0.3) is 10.1 Å². The first-order valence-corrected chi connectivity index (χ1v) is 10.9. The van der Waals surface area contributed by atoms with Gasteiger partial charge in [-0.3, -0.25) is 8.98 Å². The van der Waals surface area contributed by atoms with Crippen molar-refractivity contribution in [3.8, 4) is 0 Å². The molecule has 0 aromatic heterocycles. The van der Waals surface area contributed by atoms with Gasteiger partial charge in [-0.25, -0.2) is 0 Å². The summed E-state index contributed by atoms with van der Waals surface area (Å²) in [7, 11) is -7.47. The van der Waals surface area contributed by atoms with Crippen molar-refractivity contribution in [2.24, 2.45) is 0 Å². The average molecular weight is 382 g/mol. The first kappa shape index (κ1) is 19.4. The van der Waals surface area contributed by atoms with Crippen LogP contribution in [0.25, 0.3) is 0 Å². The third-order valence-electron chi connectivity index (χ3n) is 3.43. The molecule has 0 amide bonds. The second-order valence-corrected chi connectivity index (χ2v) is 9.93. The monoisotopic (exact) mass is 382 g/mol. The maximum atomic E-state index is 13.2. The van der Waals surface area contributed by atoms with Crippen LogP contribution in [0.5, 0.6) is 0 Å². The fourth-order valence-corrected chi connectivity index (χ4v) is 5.33. The first-order chi connectivity index (χ1) is 11.7. The Kier molecular flexibility index (Phi) is 6.16. The van der Waals surface area contributed by atoms with Crippen LogP contribution in [0, 0.1) is 6.92 Å². The maximum absolute atomic E-state index is 13.2. The molecule has 2 aromatic rings. The van der Waals surface area contributed by atoms with Gasteiger partial charge in [-0.1, -0.05) is 48.0 Å². The highest BCUT2D eigenvalue weighted by Gasteiger charge is 2.30. The van der Waals surface area contributed by atoms with Gasteiger partial charge in [0.05, 0.1) is 4.90 Å². The molecule has 0 aliphatic rings. The van der Waals surface area contributed by atoms with Gasteiger partial charge in [-0.2, -0.15) is 8.42 Å². The molecule has 0 spiro atoms. The van der Waals surface area contributed by atoms with E-state index in [0.29, 0.717) is 5.30 Å². The molecule has 0 saturated carbocycles. The van der Waals surface area contributed by atoms with Crippen molar-refractivity contribution >= 4 is 28.5 Å². The average Bonchev–Trinajstić information content (AvgIpc) is 2.59. The second-order valence-electron chi connectivity index (χ2n) is 5.50. The molecule has 0 aliphatic carbocycles. The Morgan fingerprint density at radius 2 is 1.60 bits per heavy atom. The van der Waals surface area contributed by atoms with Gasteiger partial charge in [0.2, 0.25) is 0 Å². The largest absolute Gasteiger partial charge is 0.458 e. The van der Waals surface area contributed by atoms with E-state index in [1.165, 1.54) is 19.1 Å². The lowest BCUT2D eigenvalue weighted by Gasteiger charge is -2.18. The zero-order valence-electron chi connectivity index (χ0n) is 13.9. The van der Waals surface area contributed by atoms with Crippen molar-refractivity contribution in [1.82, 2.24) is 0 Å². The van der Waals surface area contributed by atoms with Gasteiger partial charge in [0, 0.05) is 12.2 Å². The van der Waals surface area contributed by atoms with Crippen LogP contribution >= 0.6 is 7.14 Å². The van der Waals surface area contributed by atoms with E-state index in [1.54, 1.807) is 42.5 Å². The molecule has 1 unspecified atom stereocenters. The predicted molar refractivity (Wildman–Crippen MR) is 94.6 cm³/mol. The van der Waals surface area contributed by atoms with Gasteiger partial charge in [0.1, 0.15) is 12.7 Å². The first-order valence-electron chi connectivity index (χ1n) is 7.46. The third-order valence-corrected chi connectivity index (χ3v) is 7.21. The van der Waals surface area contributed by atoms with Crippen LogP contribution in [0.15, 0.2) is 59.5 Å². The molecule has 2 aromatic carbocycles.